The smallest absolute Gasteiger partial charge is 0.255 e. The van der Waals surface area contributed by atoms with E-state index in [0.29, 0.717) is 34.6 Å². The largest absolute Gasteiger partial charge is 0.457 e. The highest BCUT2D eigenvalue weighted by atomic mass is 35.5. The number of hydrogen-bond donors (Lipinski definition) is 2. The standard InChI is InChI=1S/C29H34ClN3O2/c1-2-17-33(22-9-5-3-6-10-22)29(34)25-18-21(13-15-26(25)30)20-32-28-19-24(14-16-27(28)31)35-23-11-7-4-8-12-23/h4,7-8,11-16,18-19,22,32H,2-3,5-6,9-10,17,20,31H2,1H3. The number of nitrogens with zero attached hydrogens (tertiary/aromatic N) is 1. The number of carbonyl (C=O) groups excluding carboxylic acids is 1. The second-order valence-electron chi connectivity index (χ2n) is 9.12. The van der Waals surface area contributed by atoms with Gasteiger partial charge in [0.2, 0.25) is 0 Å². The Labute approximate surface area is 213 Å². The van der Waals surface area contributed by atoms with Gasteiger partial charge in [-0.15, -0.1) is 0 Å². The van der Waals surface area contributed by atoms with E-state index in [1.165, 1.54) is 19.3 Å². The van der Waals surface area contributed by atoms with Gasteiger partial charge in [-0.3, -0.25) is 4.79 Å². The van der Waals surface area contributed by atoms with E-state index in [1.54, 1.807) is 0 Å². The molecule has 0 aromatic heterocycles. The van der Waals surface area contributed by atoms with Gasteiger partial charge in [-0.25, -0.2) is 0 Å². The molecular formula is C29H34ClN3O2. The van der Waals surface area contributed by atoms with E-state index < -0.39 is 0 Å². The van der Waals surface area contributed by atoms with E-state index in [1.807, 2.05) is 71.6 Å². The zero-order valence-corrected chi connectivity index (χ0v) is 21.1. The van der Waals surface area contributed by atoms with Crippen LogP contribution in [0.2, 0.25) is 5.02 Å². The molecule has 0 radical (unpaired) electrons. The van der Waals surface area contributed by atoms with Crippen LogP contribution in [0.4, 0.5) is 11.4 Å². The molecule has 0 aliphatic heterocycles. The Balaban J connectivity index is 1.48. The maximum absolute atomic E-state index is 13.5. The average molecular weight is 492 g/mol. The zero-order valence-electron chi connectivity index (χ0n) is 20.3. The van der Waals surface area contributed by atoms with Crippen LogP contribution in [-0.4, -0.2) is 23.4 Å². The highest BCUT2D eigenvalue weighted by molar-refractivity contribution is 6.33. The maximum Gasteiger partial charge on any atom is 0.255 e. The average Bonchev–Trinajstić information content (AvgIpc) is 2.89. The number of benzene rings is 3. The molecule has 35 heavy (non-hydrogen) atoms. The van der Waals surface area contributed by atoms with Crippen molar-refractivity contribution in [1.29, 1.82) is 0 Å². The van der Waals surface area contributed by atoms with E-state index in [-0.39, 0.29) is 5.91 Å². The fraction of sp³-hybridized carbons (Fsp3) is 0.345. The van der Waals surface area contributed by atoms with E-state index in [2.05, 4.69) is 12.2 Å². The number of nitrogens with two attached hydrogens (primary N) is 1. The lowest BCUT2D eigenvalue weighted by Crippen LogP contribution is -2.42. The lowest BCUT2D eigenvalue weighted by Gasteiger charge is -2.34. The minimum atomic E-state index is 0.0309. The Morgan fingerprint density at radius 1 is 1.03 bits per heavy atom. The van der Waals surface area contributed by atoms with Crippen molar-refractivity contribution < 1.29 is 9.53 Å². The van der Waals surface area contributed by atoms with E-state index >= 15 is 0 Å². The second kappa shape index (κ2) is 12.0. The normalized spacial score (nSPS) is 13.9. The van der Waals surface area contributed by atoms with Gasteiger partial charge in [-0.2, -0.15) is 0 Å². The summed E-state index contributed by atoms with van der Waals surface area (Å²) >= 11 is 6.51. The van der Waals surface area contributed by atoms with E-state index in [4.69, 9.17) is 22.1 Å². The van der Waals surface area contributed by atoms with Gasteiger partial charge in [0.1, 0.15) is 11.5 Å². The Kier molecular flexibility index (Phi) is 8.54. The monoisotopic (exact) mass is 491 g/mol. The van der Waals surface area contributed by atoms with E-state index in [9.17, 15) is 4.79 Å². The van der Waals surface area contributed by atoms with Crippen LogP contribution in [0.25, 0.3) is 0 Å². The molecule has 1 aliphatic carbocycles. The topological polar surface area (TPSA) is 67.6 Å². The van der Waals surface area contributed by atoms with Gasteiger partial charge in [-0.1, -0.05) is 62.1 Å². The summed E-state index contributed by atoms with van der Waals surface area (Å²) in [5.74, 6) is 1.49. The first-order chi connectivity index (χ1) is 17.0. The molecule has 6 heteroatoms. The molecule has 0 saturated heterocycles. The Hall–Kier alpha value is -3.18. The molecule has 3 N–H and O–H groups in total. The molecule has 184 valence electrons. The highest BCUT2D eigenvalue weighted by Gasteiger charge is 2.27. The molecule has 3 aromatic carbocycles. The molecule has 1 saturated carbocycles. The van der Waals surface area contributed by atoms with Crippen LogP contribution in [0.5, 0.6) is 11.5 Å². The number of carbonyl (C=O) groups is 1. The summed E-state index contributed by atoms with van der Waals surface area (Å²) in [7, 11) is 0. The molecule has 0 atom stereocenters. The summed E-state index contributed by atoms with van der Waals surface area (Å²) in [5.41, 5.74) is 9.14. The third-order valence-electron chi connectivity index (χ3n) is 6.49. The van der Waals surface area contributed by atoms with Gasteiger partial charge in [-0.05, 0) is 61.2 Å². The molecular weight excluding hydrogens is 458 g/mol. The molecule has 5 nitrogen and oxygen atoms in total. The zero-order chi connectivity index (χ0) is 24.6. The van der Waals surface area contributed by atoms with Crippen molar-refractivity contribution in [3.05, 3.63) is 82.9 Å². The summed E-state index contributed by atoms with van der Waals surface area (Å²) in [5, 5.41) is 3.88. The molecule has 0 unspecified atom stereocenters. The quantitative estimate of drug-likeness (QED) is 0.304. The predicted octanol–water partition coefficient (Wildman–Crippen LogP) is 7.51. The fourth-order valence-corrected chi connectivity index (χ4v) is 4.86. The highest BCUT2D eigenvalue weighted by Crippen LogP contribution is 2.30. The summed E-state index contributed by atoms with van der Waals surface area (Å²) in [6, 6.07) is 21.2. The lowest BCUT2D eigenvalue weighted by atomic mass is 9.93. The predicted molar refractivity (Wildman–Crippen MR) is 144 cm³/mol. The number of nitrogen functional groups attached to an aromatic ring is 1. The first kappa shape index (κ1) is 24.9. The summed E-state index contributed by atoms with van der Waals surface area (Å²) < 4.78 is 5.94. The third-order valence-corrected chi connectivity index (χ3v) is 6.82. The Bertz CT molecular complexity index is 1130. The van der Waals surface area contributed by atoms with Crippen molar-refractivity contribution in [3.63, 3.8) is 0 Å². The summed E-state index contributed by atoms with van der Waals surface area (Å²) in [6.07, 6.45) is 6.71. The van der Waals surface area contributed by atoms with Crippen molar-refractivity contribution in [2.24, 2.45) is 0 Å². The molecule has 1 amide bonds. The molecule has 0 heterocycles. The number of rotatable bonds is 9. The molecule has 1 aliphatic rings. The van der Waals surface area contributed by atoms with Crippen LogP contribution in [0.3, 0.4) is 0 Å². The Morgan fingerprint density at radius 3 is 2.54 bits per heavy atom. The van der Waals surface area contributed by atoms with Crippen LogP contribution in [0.15, 0.2) is 66.7 Å². The second-order valence-corrected chi connectivity index (χ2v) is 9.53. The van der Waals surface area contributed by atoms with Crippen molar-refractivity contribution in [2.45, 2.75) is 58.0 Å². The molecule has 1 fully saturated rings. The number of ether oxygens (including phenoxy) is 1. The van der Waals surface area contributed by atoms with Gasteiger partial charge >= 0.3 is 0 Å². The van der Waals surface area contributed by atoms with Gasteiger partial charge in [0, 0.05) is 25.2 Å². The van der Waals surface area contributed by atoms with Crippen LogP contribution >= 0.6 is 11.6 Å². The first-order valence-electron chi connectivity index (χ1n) is 12.5. The van der Waals surface area contributed by atoms with Crippen molar-refractivity contribution >= 4 is 28.9 Å². The van der Waals surface area contributed by atoms with Gasteiger partial charge in [0.25, 0.3) is 5.91 Å². The third kappa shape index (κ3) is 6.49. The number of anilines is 2. The first-order valence-corrected chi connectivity index (χ1v) is 12.9. The number of hydrogen-bond acceptors (Lipinski definition) is 4. The van der Waals surface area contributed by atoms with Crippen LogP contribution in [0, 0.1) is 0 Å². The number of halogens is 1. The van der Waals surface area contributed by atoms with Crippen molar-refractivity contribution in [1.82, 2.24) is 4.90 Å². The van der Waals surface area contributed by atoms with E-state index in [0.717, 1.165) is 42.8 Å². The molecule has 4 rings (SSSR count). The summed E-state index contributed by atoms with van der Waals surface area (Å²) in [4.78, 5) is 15.6. The molecule has 0 bridgehead atoms. The van der Waals surface area contributed by atoms with Crippen LogP contribution < -0.4 is 15.8 Å². The Morgan fingerprint density at radius 2 is 1.80 bits per heavy atom. The SMILES string of the molecule is CCCN(C(=O)c1cc(CNc2cc(Oc3ccccc3)ccc2N)ccc1Cl)C1CCCCC1. The summed E-state index contributed by atoms with van der Waals surface area (Å²) in [6.45, 7) is 3.38. The number of para-hydroxylation sites is 1. The maximum atomic E-state index is 13.5. The minimum Gasteiger partial charge on any atom is -0.457 e. The lowest BCUT2D eigenvalue weighted by molar-refractivity contribution is 0.0634. The van der Waals surface area contributed by atoms with Crippen LogP contribution in [0.1, 0.15) is 61.4 Å². The minimum absolute atomic E-state index is 0.0309. The van der Waals surface area contributed by atoms with Gasteiger partial charge < -0.3 is 20.7 Å². The van der Waals surface area contributed by atoms with Crippen molar-refractivity contribution in [3.8, 4) is 11.5 Å². The molecule has 3 aromatic rings. The fourth-order valence-electron chi connectivity index (χ4n) is 4.66. The van der Waals surface area contributed by atoms with Crippen LogP contribution in [-0.2, 0) is 6.54 Å². The van der Waals surface area contributed by atoms with Gasteiger partial charge in [0.15, 0.2) is 0 Å². The number of amides is 1. The van der Waals surface area contributed by atoms with Gasteiger partial charge in [0.05, 0.1) is 22.0 Å². The number of nitrogens with one attached hydrogen (secondary N) is 1. The van der Waals surface area contributed by atoms with Crippen molar-refractivity contribution in [2.75, 3.05) is 17.6 Å². The molecule has 0 spiro atoms.